The standard InChI is InChI=1S/C16H19N5/c1-13(18-10-16-4-3-9-20(16)2)14-5-7-15(8-6-14)21-12-17-11-19-21/h3-9,11-13,18H,10H2,1-2H3. The van der Waals surface area contributed by atoms with Crippen molar-refractivity contribution in [1.82, 2.24) is 24.6 Å². The highest BCUT2D eigenvalue weighted by atomic mass is 15.3. The van der Waals surface area contributed by atoms with E-state index in [1.807, 2.05) is 0 Å². The fourth-order valence-electron chi connectivity index (χ4n) is 2.31. The van der Waals surface area contributed by atoms with E-state index >= 15 is 0 Å². The molecule has 0 aliphatic heterocycles. The number of aryl methyl sites for hydroxylation is 1. The van der Waals surface area contributed by atoms with Crippen molar-refractivity contribution >= 4 is 0 Å². The Kier molecular flexibility index (Phi) is 3.83. The van der Waals surface area contributed by atoms with Crippen LogP contribution in [0.3, 0.4) is 0 Å². The van der Waals surface area contributed by atoms with Gasteiger partial charge in [0.1, 0.15) is 12.7 Å². The maximum Gasteiger partial charge on any atom is 0.138 e. The highest BCUT2D eigenvalue weighted by Gasteiger charge is 2.06. The second kappa shape index (κ2) is 5.93. The van der Waals surface area contributed by atoms with Crippen LogP contribution in [-0.4, -0.2) is 19.3 Å². The first-order valence-electron chi connectivity index (χ1n) is 7.02. The number of hydrogen-bond acceptors (Lipinski definition) is 3. The summed E-state index contributed by atoms with van der Waals surface area (Å²) in [6.45, 7) is 3.03. The topological polar surface area (TPSA) is 47.7 Å². The average molecular weight is 281 g/mol. The van der Waals surface area contributed by atoms with E-state index in [9.17, 15) is 0 Å². The molecule has 5 heteroatoms. The molecule has 0 aliphatic carbocycles. The summed E-state index contributed by atoms with van der Waals surface area (Å²) in [6.07, 6.45) is 5.30. The van der Waals surface area contributed by atoms with Crippen molar-refractivity contribution in [2.75, 3.05) is 0 Å². The van der Waals surface area contributed by atoms with Gasteiger partial charge in [0.2, 0.25) is 0 Å². The summed E-state index contributed by atoms with van der Waals surface area (Å²) >= 11 is 0. The minimum absolute atomic E-state index is 0.296. The Morgan fingerprint density at radius 2 is 2.00 bits per heavy atom. The third-order valence-electron chi connectivity index (χ3n) is 3.72. The molecule has 0 saturated heterocycles. The van der Waals surface area contributed by atoms with E-state index in [1.165, 1.54) is 17.6 Å². The third-order valence-corrected chi connectivity index (χ3v) is 3.72. The van der Waals surface area contributed by atoms with E-state index in [0.29, 0.717) is 6.04 Å². The Morgan fingerprint density at radius 3 is 2.62 bits per heavy atom. The van der Waals surface area contributed by atoms with E-state index in [4.69, 9.17) is 0 Å². The lowest BCUT2D eigenvalue weighted by Crippen LogP contribution is -2.19. The van der Waals surface area contributed by atoms with Crippen molar-refractivity contribution in [2.24, 2.45) is 7.05 Å². The second-order valence-electron chi connectivity index (χ2n) is 5.14. The van der Waals surface area contributed by atoms with Gasteiger partial charge in [-0.25, -0.2) is 9.67 Å². The number of nitrogens with zero attached hydrogens (tertiary/aromatic N) is 4. The first kappa shape index (κ1) is 13.6. The Bertz CT molecular complexity index is 682. The molecule has 0 spiro atoms. The van der Waals surface area contributed by atoms with Gasteiger partial charge in [0, 0.05) is 31.5 Å². The Morgan fingerprint density at radius 1 is 1.19 bits per heavy atom. The van der Waals surface area contributed by atoms with Crippen molar-refractivity contribution in [3.05, 3.63) is 66.5 Å². The highest BCUT2D eigenvalue weighted by Crippen LogP contribution is 2.15. The van der Waals surface area contributed by atoms with Crippen LogP contribution in [-0.2, 0) is 13.6 Å². The summed E-state index contributed by atoms with van der Waals surface area (Å²) in [7, 11) is 2.06. The molecule has 21 heavy (non-hydrogen) atoms. The van der Waals surface area contributed by atoms with E-state index in [2.05, 4.69) is 76.5 Å². The van der Waals surface area contributed by atoms with Gasteiger partial charge >= 0.3 is 0 Å². The van der Waals surface area contributed by atoms with Gasteiger partial charge in [-0.05, 0) is 36.8 Å². The molecule has 108 valence electrons. The fraction of sp³-hybridized carbons (Fsp3) is 0.250. The first-order valence-corrected chi connectivity index (χ1v) is 7.02. The molecular weight excluding hydrogens is 262 g/mol. The lowest BCUT2D eigenvalue weighted by molar-refractivity contribution is 0.558. The molecule has 2 heterocycles. The quantitative estimate of drug-likeness (QED) is 0.781. The molecule has 0 bridgehead atoms. The Balaban J connectivity index is 1.65. The molecule has 0 fully saturated rings. The maximum absolute atomic E-state index is 4.13. The summed E-state index contributed by atoms with van der Waals surface area (Å²) in [5, 5.41) is 7.67. The normalized spacial score (nSPS) is 12.5. The van der Waals surface area contributed by atoms with Crippen molar-refractivity contribution in [1.29, 1.82) is 0 Å². The van der Waals surface area contributed by atoms with Gasteiger partial charge in [-0.1, -0.05) is 12.1 Å². The van der Waals surface area contributed by atoms with Crippen LogP contribution in [0.15, 0.2) is 55.2 Å². The maximum atomic E-state index is 4.13. The lowest BCUT2D eigenvalue weighted by Gasteiger charge is -2.15. The number of nitrogens with one attached hydrogen (secondary N) is 1. The lowest BCUT2D eigenvalue weighted by atomic mass is 10.1. The summed E-state index contributed by atoms with van der Waals surface area (Å²) in [5.74, 6) is 0. The molecule has 0 saturated carbocycles. The molecule has 1 aromatic carbocycles. The second-order valence-corrected chi connectivity index (χ2v) is 5.14. The summed E-state index contributed by atoms with van der Waals surface area (Å²) in [4.78, 5) is 3.96. The zero-order chi connectivity index (χ0) is 14.7. The van der Waals surface area contributed by atoms with Gasteiger partial charge in [-0.15, -0.1) is 0 Å². The van der Waals surface area contributed by atoms with E-state index in [0.717, 1.165) is 12.2 Å². The predicted octanol–water partition coefficient (Wildman–Crippen LogP) is 2.46. The monoisotopic (exact) mass is 281 g/mol. The van der Waals surface area contributed by atoms with E-state index < -0.39 is 0 Å². The van der Waals surface area contributed by atoms with Crippen LogP contribution in [0.4, 0.5) is 0 Å². The average Bonchev–Trinajstić information content (AvgIpc) is 3.17. The van der Waals surface area contributed by atoms with Crippen LogP contribution in [0, 0.1) is 0 Å². The molecule has 2 aromatic heterocycles. The number of hydrogen-bond donors (Lipinski definition) is 1. The van der Waals surface area contributed by atoms with Crippen LogP contribution in [0.25, 0.3) is 5.69 Å². The van der Waals surface area contributed by atoms with Crippen LogP contribution in [0.5, 0.6) is 0 Å². The van der Waals surface area contributed by atoms with Gasteiger partial charge in [-0.3, -0.25) is 0 Å². The van der Waals surface area contributed by atoms with Crippen LogP contribution in [0.2, 0.25) is 0 Å². The number of benzene rings is 1. The minimum Gasteiger partial charge on any atom is -0.353 e. The predicted molar refractivity (Wildman–Crippen MR) is 82.0 cm³/mol. The molecule has 0 amide bonds. The Hall–Kier alpha value is -2.40. The van der Waals surface area contributed by atoms with Gasteiger partial charge in [0.15, 0.2) is 0 Å². The third kappa shape index (κ3) is 3.03. The summed E-state index contributed by atoms with van der Waals surface area (Å²) < 4.78 is 3.89. The largest absolute Gasteiger partial charge is 0.353 e. The highest BCUT2D eigenvalue weighted by molar-refractivity contribution is 5.34. The molecular formula is C16H19N5. The van der Waals surface area contributed by atoms with Gasteiger partial charge < -0.3 is 9.88 Å². The van der Waals surface area contributed by atoms with Crippen molar-refractivity contribution in [2.45, 2.75) is 19.5 Å². The van der Waals surface area contributed by atoms with Gasteiger partial charge in [0.25, 0.3) is 0 Å². The van der Waals surface area contributed by atoms with E-state index in [-0.39, 0.29) is 0 Å². The summed E-state index contributed by atoms with van der Waals surface area (Å²) in [5.41, 5.74) is 3.56. The molecule has 5 nitrogen and oxygen atoms in total. The summed E-state index contributed by atoms with van der Waals surface area (Å²) in [6, 6.07) is 12.9. The smallest absolute Gasteiger partial charge is 0.138 e. The van der Waals surface area contributed by atoms with Gasteiger partial charge in [0.05, 0.1) is 5.69 Å². The van der Waals surface area contributed by atoms with Crippen molar-refractivity contribution < 1.29 is 0 Å². The molecule has 3 aromatic rings. The Labute approximate surface area is 124 Å². The molecule has 3 rings (SSSR count). The van der Waals surface area contributed by atoms with Gasteiger partial charge in [-0.2, -0.15) is 5.10 Å². The minimum atomic E-state index is 0.296. The zero-order valence-electron chi connectivity index (χ0n) is 12.3. The molecule has 1 N–H and O–H groups in total. The fourth-order valence-corrected chi connectivity index (χ4v) is 2.31. The van der Waals surface area contributed by atoms with Crippen LogP contribution >= 0.6 is 0 Å². The molecule has 1 atom stereocenters. The molecule has 0 aliphatic rings. The van der Waals surface area contributed by atoms with Crippen molar-refractivity contribution in [3.8, 4) is 5.69 Å². The molecule has 1 unspecified atom stereocenters. The first-order chi connectivity index (χ1) is 10.2. The number of rotatable bonds is 5. The molecule has 0 radical (unpaired) electrons. The van der Waals surface area contributed by atoms with Crippen LogP contribution < -0.4 is 5.32 Å². The SMILES string of the molecule is CC(NCc1cccn1C)c1ccc(-n2cncn2)cc1. The van der Waals surface area contributed by atoms with Crippen LogP contribution in [0.1, 0.15) is 24.2 Å². The van der Waals surface area contributed by atoms with E-state index in [1.54, 1.807) is 11.0 Å². The zero-order valence-corrected chi connectivity index (χ0v) is 12.3. The van der Waals surface area contributed by atoms with Crippen molar-refractivity contribution in [3.63, 3.8) is 0 Å². The number of aromatic nitrogens is 4.